The van der Waals surface area contributed by atoms with Gasteiger partial charge in [0, 0.05) is 32.6 Å². The average Bonchev–Trinajstić information content (AvgIpc) is 2.78. The lowest BCUT2D eigenvalue weighted by molar-refractivity contribution is 0.0170. The number of hydrogen-bond acceptors (Lipinski definition) is 6. The average molecular weight is 509 g/mol. The molecule has 208 valence electrons. The van der Waals surface area contributed by atoms with Crippen LogP contribution in [0.2, 0.25) is 0 Å². The van der Waals surface area contributed by atoms with Crippen LogP contribution in [0.5, 0.6) is 0 Å². The molecule has 8 nitrogen and oxygen atoms in total. The van der Waals surface area contributed by atoms with Crippen molar-refractivity contribution in [3.8, 4) is 6.07 Å². The van der Waals surface area contributed by atoms with Crippen molar-refractivity contribution in [3.05, 3.63) is 0 Å². The minimum absolute atomic E-state index is 0.164. The maximum atomic E-state index is 11.9. The SMILES string of the molecule is CC(C)(C)OC(=O)N1CCC(CCCC#N)CC1.CC(C)(C)OC(=O)N1CCC(CCCCN)CC1. The Morgan fingerprint density at radius 2 is 1.17 bits per heavy atom. The number of unbranched alkanes of at least 4 members (excludes halogenated alkanes) is 2. The highest BCUT2D eigenvalue weighted by Gasteiger charge is 2.27. The lowest BCUT2D eigenvalue weighted by Crippen LogP contribution is -2.41. The summed E-state index contributed by atoms with van der Waals surface area (Å²) in [6, 6.07) is 2.18. The molecule has 2 saturated heterocycles. The number of hydrogen-bond donors (Lipinski definition) is 1. The largest absolute Gasteiger partial charge is 0.444 e. The van der Waals surface area contributed by atoms with Gasteiger partial charge in [0.1, 0.15) is 11.2 Å². The van der Waals surface area contributed by atoms with E-state index in [0.717, 1.165) is 83.6 Å². The number of nitrogens with zero attached hydrogens (tertiary/aromatic N) is 3. The molecule has 0 aromatic carbocycles. The molecule has 0 saturated carbocycles. The number of rotatable bonds is 7. The first kappa shape index (κ1) is 32.0. The van der Waals surface area contributed by atoms with Crippen LogP contribution in [0.1, 0.15) is 106 Å². The Morgan fingerprint density at radius 3 is 1.50 bits per heavy atom. The summed E-state index contributed by atoms with van der Waals surface area (Å²) in [7, 11) is 0. The summed E-state index contributed by atoms with van der Waals surface area (Å²) in [5.41, 5.74) is 4.69. The van der Waals surface area contributed by atoms with Crippen LogP contribution in [0.3, 0.4) is 0 Å². The van der Waals surface area contributed by atoms with Crippen molar-refractivity contribution in [2.45, 2.75) is 117 Å². The van der Waals surface area contributed by atoms with Gasteiger partial charge in [-0.15, -0.1) is 0 Å². The fourth-order valence-corrected chi connectivity index (χ4v) is 4.51. The lowest BCUT2D eigenvalue weighted by Gasteiger charge is -2.33. The van der Waals surface area contributed by atoms with Crippen molar-refractivity contribution < 1.29 is 19.1 Å². The molecule has 0 atom stereocenters. The van der Waals surface area contributed by atoms with Crippen LogP contribution in [0, 0.1) is 23.2 Å². The Kier molecular flexibility index (Phi) is 14.2. The number of carbonyl (C=O) groups is 2. The topological polar surface area (TPSA) is 109 Å². The van der Waals surface area contributed by atoms with E-state index in [1.54, 1.807) is 4.90 Å². The van der Waals surface area contributed by atoms with E-state index in [2.05, 4.69) is 6.07 Å². The minimum atomic E-state index is -0.416. The molecule has 2 aliphatic rings. The maximum absolute atomic E-state index is 11.9. The Bertz CT molecular complexity index is 677. The van der Waals surface area contributed by atoms with Crippen LogP contribution in [0.25, 0.3) is 0 Å². The summed E-state index contributed by atoms with van der Waals surface area (Å²) in [6.07, 6.45) is 10.2. The van der Waals surface area contributed by atoms with Crippen molar-refractivity contribution in [3.63, 3.8) is 0 Å². The van der Waals surface area contributed by atoms with E-state index < -0.39 is 11.2 Å². The summed E-state index contributed by atoms with van der Waals surface area (Å²) in [5.74, 6) is 1.42. The number of piperidine rings is 2. The van der Waals surface area contributed by atoms with Crippen LogP contribution in [-0.2, 0) is 9.47 Å². The van der Waals surface area contributed by atoms with Gasteiger partial charge in [-0.2, -0.15) is 5.26 Å². The van der Waals surface area contributed by atoms with Crippen LogP contribution in [0.4, 0.5) is 9.59 Å². The molecule has 0 spiro atoms. The number of amides is 2. The molecule has 36 heavy (non-hydrogen) atoms. The van der Waals surface area contributed by atoms with Gasteiger partial charge in [0.15, 0.2) is 0 Å². The van der Waals surface area contributed by atoms with Gasteiger partial charge < -0.3 is 25.0 Å². The zero-order valence-corrected chi connectivity index (χ0v) is 23.8. The second-order valence-electron chi connectivity index (χ2n) is 12.2. The molecule has 0 unspecified atom stereocenters. The third-order valence-corrected chi connectivity index (χ3v) is 6.50. The van der Waals surface area contributed by atoms with Gasteiger partial charge in [-0.05, 0) is 105 Å². The molecule has 2 aliphatic heterocycles. The molecule has 0 bridgehead atoms. The van der Waals surface area contributed by atoms with Crippen LogP contribution < -0.4 is 5.73 Å². The van der Waals surface area contributed by atoms with Crippen molar-refractivity contribution >= 4 is 12.2 Å². The van der Waals surface area contributed by atoms with E-state index in [9.17, 15) is 9.59 Å². The molecule has 8 heteroatoms. The van der Waals surface area contributed by atoms with E-state index in [0.29, 0.717) is 12.3 Å². The number of nitrogens with two attached hydrogens (primary N) is 1. The fraction of sp³-hybridized carbons (Fsp3) is 0.893. The van der Waals surface area contributed by atoms with Crippen LogP contribution >= 0.6 is 0 Å². The molecular formula is C28H52N4O4. The Balaban J connectivity index is 0.000000360. The maximum Gasteiger partial charge on any atom is 0.410 e. The summed E-state index contributed by atoms with van der Waals surface area (Å²) >= 11 is 0. The summed E-state index contributed by atoms with van der Waals surface area (Å²) in [6.45, 7) is 15.4. The molecule has 2 fully saturated rings. The molecule has 0 aromatic heterocycles. The van der Waals surface area contributed by atoms with E-state index in [4.69, 9.17) is 20.5 Å². The van der Waals surface area contributed by atoms with E-state index in [1.807, 2.05) is 46.4 Å². The van der Waals surface area contributed by atoms with Crippen molar-refractivity contribution in [1.29, 1.82) is 5.26 Å². The number of likely N-dealkylation sites (tertiary alicyclic amines) is 2. The molecule has 2 heterocycles. The van der Waals surface area contributed by atoms with Crippen LogP contribution in [0.15, 0.2) is 0 Å². The summed E-state index contributed by atoms with van der Waals surface area (Å²) < 4.78 is 10.7. The molecule has 2 N–H and O–H groups in total. The number of ether oxygens (including phenoxy) is 2. The lowest BCUT2D eigenvalue weighted by atomic mass is 9.92. The third-order valence-electron chi connectivity index (χ3n) is 6.50. The van der Waals surface area contributed by atoms with Gasteiger partial charge in [-0.25, -0.2) is 9.59 Å². The smallest absolute Gasteiger partial charge is 0.410 e. The Morgan fingerprint density at radius 1 is 0.778 bits per heavy atom. The zero-order valence-electron chi connectivity index (χ0n) is 23.8. The van der Waals surface area contributed by atoms with Gasteiger partial charge in [0.2, 0.25) is 0 Å². The predicted octanol–water partition coefficient (Wildman–Crippen LogP) is 6.09. The van der Waals surface area contributed by atoms with Crippen molar-refractivity contribution in [2.24, 2.45) is 17.6 Å². The molecule has 2 amide bonds. The summed E-state index contributed by atoms with van der Waals surface area (Å²) in [4.78, 5) is 27.3. The molecule has 0 aliphatic carbocycles. The van der Waals surface area contributed by atoms with Crippen molar-refractivity contribution in [1.82, 2.24) is 9.80 Å². The standard InChI is InChI=1S/C14H28N2O2.C14H24N2O2/c2*1-14(2,3)18-13(17)16-10-7-12(8-11-16)6-4-5-9-15/h12H,4-11,15H2,1-3H3;12H,4-8,10-11H2,1-3H3. The number of carbonyl (C=O) groups excluding carboxylic acids is 2. The fourth-order valence-electron chi connectivity index (χ4n) is 4.51. The number of nitriles is 1. The Hall–Kier alpha value is -2.01. The molecule has 0 aromatic rings. The highest BCUT2D eigenvalue weighted by Crippen LogP contribution is 2.25. The zero-order chi connectivity index (χ0) is 27.2. The van der Waals surface area contributed by atoms with Gasteiger partial charge in [-0.3, -0.25) is 0 Å². The summed E-state index contributed by atoms with van der Waals surface area (Å²) in [5, 5.41) is 8.50. The highest BCUT2D eigenvalue weighted by molar-refractivity contribution is 5.68. The molecular weight excluding hydrogens is 456 g/mol. The predicted molar refractivity (Wildman–Crippen MR) is 143 cm³/mol. The molecule has 0 radical (unpaired) electrons. The minimum Gasteiger partial charge on any atom is -0.444 e. The Labute approximate surface area is 219 Å². The first-order valence-corrected chi connectivity index (χ1v) is 13.9. The van der Waals surface area contributed by atoms with Crippen molar-refractivity contribution in [2.75, 3.05) is 32.7 Å². The second kappa shape index (κ2) is 16.0. The first-order chi connectivity index (χ1) is 16.8. The third kappa shape index (κ3) is 14.5. The highest BCUT2D eigenvalue weighted by atomic mass is 16.6. The normalized spacial score (nSPS) is 17.6. The van der Waals surface area contributed by atoms with Gasteiger partial charge in [0.25, 0.3) is 0 Å². The second-order valence-corrected chi connectivity index (χ2v) is 12.2. The first-order valence-electron chi connectivity index (χ1n) is 13.9. The molecule has 2 rings (SSSR count). The van der Waals surface area contributed by atoms with E-state index in [-0.39, 0.29) is 12.2 Å². The van der Waals surface area contributed by atoms with Crippen LogP contribution in [-0.4, -0.2) is 65.9 Å². The van der Waals surface area contributed by atoms with Gasteiger partial charge >= 0.3 is 12.2 Å². The van der Waals surface area contributed by atoms with E-state index in [1.165, 1.54) is 12.8 Å². The monoisotopic (exact) mass is 508 g/mol. The van der Waals surface area contributed by atoms with Gasteiger partial charge in [-0.1, -0.05) is 12.8 Å². The quantitative estimate of drug-likeness (QED) is 0.417. The van der Waals surface area contributed by atoms with E-state index >= 15 is 0 Å². The van der Waals surface area contributed by atoms with Gasteiger partial charge in [0.05, 0.1) is 6.07 Å².